The first-order valence-corrected chi connectivity index (χ1v) is 7.08. The Morgan fingerprint density at radius 3 is 2.44 bits per heavy atom. The molecule has 0 amide bonds. The van der Waals surface area contributed by atoms with Crippen LogP contribution in [-0.4, -0.2) is 17.6 Å². The van der Waals surface area contributed by atoms with Crippen LogP contribution in [0.25, 0.3) is 0 Å². The third kappa shape index (κ3) is 3.98. The summed E-state index contributed by atoms with van der Waals surface area (Å²) in [5, 5.41) is 0. The summed E-state index contributed by atoms with van der Waals surface area (Å²) in [6.07, 6.45) is 3.28. The van der Waals surface area contributed by atoms with E-state index >= 15 is 0 Å². The molecule has 1 rings (SSSR count). The number of hydrogen-bond donors (Lipinski definition) is 1. The van der Waals surface area contributed by atoms with E-state index in [0.717, 1.165) is 37.3 Å². The minimum Gasteiger partial charge on any atom is -0.354 e. The first kappa shape index (κ1) is 15.0. The zero-order chi connectivity index (χ0) is 13.5. The maximum atomic E-state index is 5.79. The highest BCUT2D eigenvalue weighted by Crippen LogP contribution is 2.18. The molecule has 0 fully saturated rings. The van der Waals surface area contributed by atoms with E-state index in [1.165, 1.54) is 5.56 Å². The van der Waals surface area contributed by atoms with Crippen LogP contribution in [0.3, 0.4) is 0 Å². The van der Waals surface area contributed by atoms with Crippen molar-refractivity contribution in [3.63, 3.8) is 0 Å². The van der Waals surface area contributed by atoms with Crippen molar-refractivity contribution in [3.8, 4) is 0 Å². The number of aryl methyl sites for hydroxylation is 1. The van der Waals surface area contributed by atoms with Crippen molar-refractivity contribution in [2.75, 3.05) is 11.4 Å². The zero-order valence-corrected chi connectivity index (χ0v) is 12.2. The lowest BCUT2D eigenvalue weighted by Crippen LogP contribution is -2.32. The van der Waals surface area contributed by atoms with Crippen LogP contribution in [0.2, 0.25) is 0 Å². The molecule has 0 aliphatic carbocycles. The molecule has 1 heterocycles. The highest BCUT2D eigenvalue weighted by Gasteiger charge is 2.12. The lowest BCUT2D eigenvalue weighted by molar-refractivity contribution is 0.658. The minimum atomic E-state index is 0.472. The Kier molecular flexibility index (Phi) is 6.13. The van der Waals surface area contributed by atoms with Gasteiger partial charge in [0.15, 0.2) is 0 Å². The molecule has 1 aromatic rings. The summed E-state index contributed by atoms with van der Waals surface area (Å²) < 4.78 is 0. The second kappa shape index (κ2) is 7.37. The molecule has 0 unspecified atom stereocenters. The van der Waals surface area contributed by atoms with Crippen molar-refractivity contribution in [1.82, 2.24) is 4.98 Å². The Morgan fingerprint density at radius 2 is 1.94 bits per heavy atom. The summed E-state index contributed by atoms with van der Waals surface area (Å²) in [4.78, 5) is 7.14. The highest BCUT2D eigenvalue weighted by molar-refractivity contribution is 5.43. The largest absolute Gasteiger partial charge is 0.354 e. The van der Waals surface area contributed by atoms with Crippen molar-refractivity contribution >= 4 is 5.82 Å². The third-order valence-corrected chi connectivity index (χ3v) is 3.05. The van der Waals surface area contributed by atoms with Crippen molar-refractivity contribution in [1.29, 1.82) is 0 Å². The Bertz CT molecular complexity index is 361. The number of rotatable bonds is 7. The quantitative estimate of drug-likeness (QED) is 0.807. The van der Waals surface area contributed by atoms with Gasteiger partial charge in [0.1, 0.15) is 5.82 Å². The summed E-state index contributed by atoms with van der Waals surface area (Å²) in [5.41, 5.74) is 8.14. The molecule has 0 radical (unpaired) electrons. The van der Waals surface area contributed by atoms with E-state index in [9.17, 15) is 0 Å². The Morgan fingerprint density at radius 1 is 1.22 bits per heavy atom. The number of aromatic nitrogens is 1. The van der Waals surface area contributed by atoms with E-state index in [2.05, 4.69) is 44.7 Å². The van der Waals surface area contributed by atoms with E-state index in [1.54, 1.807) is 0 Å². The number of nitrogens with zero attached hydrogens (tertiary/aromatic N) is 2. The number of nitrogens with two attached hydrogens (primary N) is 1. The molecule has 0 aliphatic heterocycles. The van der Waals surface area contributed by atoms with Gasteiger partial charge in [0.05, 0.1) is 0 Å². The summed E-state index contributed by atoms with van der Waals surface area (Å²) in [6, 6.07) is 4.74. The summed E-state index contributed by atoms with van der Waals surface area (Å²) >= 11 is 0. The van der Waals surface area contributed by atoms with Crippen LogP contribution in [0, 0.1) is 0 Å². The van der Waals surface area contributed by atoms with Crippen molar-refractivity contribution in [2.45, 2.75) is 59.5 Å². The Labute approximate surface area is 111 Å². The molecule has 0 saturated carbocycles. The minimum absolute atomic E-state index is 0.472. The van der Waals surface area contributed by atoms with Crippen LogP contribution >= 0.6 is 0 Å². The van der Waals surface area contributed by atoms with Gasteiger partial charge in [-0.05, 0) is 44.4 Å². The molecule has 2 N–H and O–H groups in total. The van der Waals surface area contributed by atoms with Gasteiger partial charge in [-0.15, -0.1) is 0 Å². The lowest BCUT2D eigenvalue weighted by Gasteiger charge is -2.28. The average Bonchev–Trinajstić information content (AvgIpc) is 2.35. The number of hydrogen-bond acceptors (Lipinski definition) is 3. The molecule has 0 aliphatic rings. The second-order valence-corrected chi connectivity index (χ2v) is 5.07. The molecule has 0 aromatic carbocycles. The normalized spacial score (nSPS) is 11.0. The fraction of sp³-hybridized carbons (Fsp3) is 0.667. The molecule has 1 aromatic heterocycles. The average molecular weight is 249 g/mol. The fourth-order valence-electron chi connectivity index (χ4n) is 2.16. The molecule has 3 nitrogen and oxygen atoms in total. The maximum Gasteiger partial charge on any atom is 0.129 e. The van der Waals surface area contributed by atoms with Crippen LogP contribution < -0.4 is 10.6 Å². The SMILES string of the molecule is CCCc1cc(CN)cc(N(CCC)C(C)C)n1. The van der Waals surface area contributed by atoms with Gasteiger partial charge in [-0.2, -0.15) is 0 Å². The van der Waals surface area contributed by atoms with E-state index < -0.39 is 0 Å². The molecule has 18 heavy (non-hydrogen) atoms. The predicted molar refractivity (Wildman–Crippen MR) is 78.9 cm³/mol. The molecule has 0 atom stereocenters. The van der Waals surface area contributed by atoms with Crippen molar-refractivity contribution < 1.29 is 0 Å². The topological polar surface area (TPSA) is 42.1 Å². The van der Waals surface area contributed by atoms with Gasteiger partial charge in [0, 0.05) is 24.8 Å². The van der Waals surface area contributed by atoms with Crippen LogP contribution in [0.5, 0.6) is 0 Å². The molecule has 102 valence electrons. The zero-order valence-electron chi connectivity index (χ0n) is 12.2. The summed E-state index contributed by atoms with van der Waals surface area (Å²) in [7, 11) is 0. The van der Waals surface area contributed by atoms with E-state index in [4.69, 9.17) is 10.7 Å². The lowest BCUT2D eigenvalue weighted by atomic mass is 10.1. The summed E-state index contributed by atoms with van der Waals surface area (Å²) in [6.45, 7) is 10.4. The third-order valence-electron chi connectivity index (χ3n) is 3.05. The van der Waals surface area contributed by atoms with Crippen LogP contribution in [-0.2, 0) is 13.0 Å². The standard InChI is InChI=1S/C15H27N3/c1-5-7-14-9-13(11-16)10-15(17-14)18(8-6-2)12(3)4/h9-10,12H,5-8,11,16H2,1-4H3. The predicted octanol–water partition coefficient (Wildman–Crippen LogP) is 3.12. The monoisotopic (exact) mass is 249 g/mol. The van der Waals surface area contributed by atoms with Gasteiger partial charge in [-0.25, -0.2) is 4.98 Å². The van der Waals surface area contributed by atoms with E-state index in [1.807, 2.05) is 0 Å². The highest BCUT2D eigenvalue weighted by atomic mass is 15.2. The van der Waals surface area contributed by atoms with Crippen molar-refractivity contribution in [2.24, 2.45) is 5.73 Å². The van der Waals surface area contributed by atoms with Crippen LogP contribution in [0.1, 0.15) is 51.8 Å². The van der Waals surface area contributed by atoms with Crippen LogP contribution in [0.15, 0.2) is 12.1 Å². The number of anilines is 1. The van der Waals surface area contributed by atoms with Gasteiger partial charge >= 0.3 is 0 Å². The van der Waals surface area contributed by atoms with Gasteiger partial charge in [-0.1, -0.05) is 20.3 Å². The van der Waals surface area contributed by atoms with E-state index in [0.29, 0.717) is 12.6 Å². The molecule has 0 saturated heterocycles. The molecule has 0 bridgehead atoms. The smallest absolute Gasteiger partial charge is 0.129 e. The van der Waals surface area contributed by atoms with Gasteiger partial charge in [-0.3, -0.25) is 0 Å². The second-order valence-electron chi connectivity index (χ2n) is 5.07. The molecular weight excluding hydrogens is 222 g/mol. The number of pyridine rings is 1. The van der Waals surface area contributed by atoms with E-state index in [-0.39, 0.29) is 0 Å². The van der Waals surface area contributed by atoms with Gasteiger partial charge < -0.3 is 10.6 Å². The van der Waals surface area contributed by atoms with Gasteiger partial charge in [0.25, 0.3) is 0 Å². The Hall–Kier alpha value is -1.09. The fourth-order valence-corrected chi connectivity index (χ4v) is 2.16. The first-order valence-electron chi connectivity index (χ1n) is 7.08. The molecule has 3 heteroatoms. The Balaban J connectivity index is 3.07. The molecule has 0 spiro atoms. The van der Waals surface area contributed by atoms with Crippen molar-refractivity contribution in [3.05, 3.63) is 23.4 Å². The molecular formula is C15H27N3. The van der Waals surface area contributed by atoms with Crippen LogP contribution in [0.4, 0.5) is 5.82 Å². The maximum absolute atomic E-state index is 5.79. The summed E-state index contributed by atoms with van der Waals surface area (Å²) in [5.74, 6) is 1.08. The first-order chi connectivity index (χ1) is 8.62. The van der Waals surface area contributed by atoms with Gasteiger partial charge in [0.2, 0.25) is 0 Å².